The smallest absolute Gasteiger partial charge is 0.0474 e. The Kier molecular flexibility index (Phi) is 6.63. The number of rotatable bonds is 6. The minimum atomic E-state index is 0.390. The van der Waals surface area contributed by atoms with Crippen molar-refractivity contribution in [3.05, 3.63) is 33.8 Å². The Morgan fingerprint density at radius 3 is 2.60 bits per heavy atom. The SMILES string of the molecule is CCCCCCN1CCNCC1c1cc(Cl)cc(Cl)c1. The molecule has 0 aromatic heterocycles. The molecule has 0 radical (unpaired) electrons. The average Bonchev–Trinajstić information content (AvgIpc) is 2.43. The molecule has 2 rings (SSSR count). The molecule has 1 heterocycles. The van der Waals surface area contributed by atoms with Crippen molar-refractivity contribution in [2.45, 2.75) is 38.6 Å². The first-order valence-electron chi connectivity index (χ1n) is 7.61. The normalized spacial score (nSPS) is 20.2. The zero-order valence-corrected chi connectivity index (χ0v) is 13.7. The van der Waals surface area contributed by atoms with E-state index in [1.807, 2.05) is 12.1 Å². The molecule has 1 aromatic carbocycles. The van der Waals surface area contributed by atoms with Crippen molar-refractivity contribution in [1.82, 2.24) is 10.2 Å². The standard InChI is InChI=1S/C16H24Cl2N2/c1-2-3-4-5-7-20-8-6-19-12-16(20)13-9-14(17)11-15(18)10-13/h9-11,16,19H,2-8,12H2,1H3. The third-order valence-corrected chi connectivity index (χ3v) is 4.36. The minimum Gasteiger partial charge on any atom is -0.314 e. The number of nitrogens with zero attached hydrogens (tertiary/aromatic N) is 1. The van der Waals surface area contributed by atoms with Gasteiger partial charge in [-0.05, 0) is 36.7 Å². The molecule has 1 fully saturated rings. The highest BCUT2D eigenvalue weighted by molar-refractivity contribution is 6.34. The van der Waals surface area contributed by atoms with Gasteiger partial charge in [-0.3, -0.25) is 4.90 Å². The number of halogens is 2. The van der Waals surface area contributed by atoms with Gasteiger partial charge in [-0.2, -0.15) is 0 Å². The van der Waals surface area contributed by atoms with E-state index < -0.39 is 0 Å². The van der Waals surface area contributed by atoms with Gasteiger partial charge in [-0.25, -0.2) is 0 Å². The van der Waals surface area contributed by atoms with E-state index in [9.17, 15) is 0 Å². The van der Waals surface area contributed by atoms with Crippen molar-refractivity contribution in [2.24, 2.45) is 0 Å². The summed E-state index contributed by atoms with van der Waals surface area (Å²) in [6, 6.07) is 6.28. The van der Waals surface area contributed by atoms with Gasteiger partial charge in [0.15, 0.2) is 0 Å². The van der Waals surface area contributed by atoms with Gasteiger partial charge in [-0.1, -0.05) is 49.4 Å². The van der Waals surface area contributed by atoms with Gasteiger partial charge in [0, 0.05) is 35.7 Å². The van der Waals surface area contributed by atoms with Gasteiger partial charge in [-0.15, -0.1) is 0 Å². The molecule has 112 valence electrons. The summed E-state index contributed by atoms with van der Waals surface area (Å²) in [5.41, 5.74) is 1.23. The molecule has 1 N–H and O–H groups in total. The molecular formula is C16H24Cl2N2. The molecule has 0 saturated carbocycles. The predicted molar refractivity (Wildman–Crippen MR) is 87.8 cm³/mol. The molecule has 1 atom stereocenters. The lowest BCUT2D eigenvalue weighted by Gasteiger charge is -2.36. The Labute approximate surface area is 132 Å². The highest BCUT2D eigenvalue weighted by atomic mass is 35.5. The first-order chi connectivity index (χ1) is 9.70. The summed E-state index contributed by atoms with van der Waals surface area (Å²) in [5, 5.41) is 4.93. The van der Waals surface area contributed by atoms with Gasteiger partial charge in [0.2, 0.25) is 0 Å². The van der Waals surface area contributed by atoms with Crippen LogP contribution in [0, 0.1) is 0 Å². The second-order valence-corrected chi connectivity index (χ2v) is 6.39. The number of nitrogens with one attached hydrogen (secondary N) is 1. The molecule has 0 aliphatic carbocycles. The lowest BCUT2D eigenvalue weighted by Crippen LogP contribution is -2.46. The lowest BCUT2D eigenvalue weighted by atomic mass is 10.0. The molecule has 0 amide bonds. The lowest BCUT2D eigenvalue weighted by molar-refractivity contribution is 0.159. The van der Waals surface area contributed by atoms with Crippen molar-refractivity contribution in [3.63, 3.8) is 0 Å². The second kappa shape index (κ2) is 8.23. The Morgan fingerprint density at radius 2 is 1.90 bits per heavy atom. The van der Waals surface area contributed by atoms with E-state index >= 15 is 0 Å². The van der Waals surface area contributed by atoms with E-state index in [2.05, 4.69) is 17.1 Å². The van der Waals surface area contributed by atoms with Gasteiger partial charge in [0.05, 0.1) is 0 Å². The Bertz CT molecular complexity index is 403. The van der Waals surface area contributed by atoms with E-state index in [1.165, 1.54) is 31.2 Å². The first-order valence-corrected chi connectivity index (χ1v) is 8.37. The summed E-state index contributed by atoms with van der Waals surface area (Å²) in [5.74, 6) is 0. The summed E-state index contributed by atoms with van der Waals surface area (Å²) >= 11 is 12.3. The summed E-state index contributed by atoms with van der Waals surface area (Å²) < 4.78 is 0. The molecule has 0 spiro atoms. The third kappa shape index (κ3) is 4.63. The molecule has 2 nitrogen and oxygen atoms in total. The summed E-state index contributed by atoms with van der Waals surface area (Å²) in [4.78, 5) is 2.56. The maximum atomic E-state index is 6.14. The molecule has 1 saturated heterocycles. The van der Waals surface area contributed by atoms with Gasteiger partial charge in [0.1, 0.15) is 0 Å². The highest BCUT2D eigenvalue weighted by Crippen LogP contribution is 2.28. The Balaban J connectivity index is 2.02. The maximum Gasteiger partial charge on any atom is 0.0474 e. The average molecular weight is 315 g/mol. The van der Waals surface area contributed by atoms with Crippen molar-refractivity contribution >= 4 is 23.2 Å². The molecule has 4 heteroatoms. The van der Waals surface area contributed by atoms with Crippen LogP contribution in [0.15, 0.2) is 18.2 Å². The summed E-state index contributed by atoms with van der Waals surface area (Å²) in [6.45, 7) is 6.56. The van der Waals surface area contributed by atoms with Crippen LogP contribution in [0.3, 0.4) is 0 Å². The van der Waals surface area contributed by atoms with E-state index in [-0.39, 0.29) is 0 Å². The van der Waals surface area contributed by atoms with E-state index in [0.717, 1.165) is 36.2 Å². The number of benzene rings is 1. The quantitative estimate of drug-likeness (QED) is 0.777. The first kappa shape index (κ1) is 16.1. The van der Waals surface area contributed by atoms with Crippen LogP contribution in [0.5, 0.6) is 0 Å². The Hall–Kier alpha value is -0.280. The van der Waals surface area contributed by atoms with Gasteiger partial charge < -0.3 is 5.32 Å². The number of unbranched alkanes of at least 4 members (excludes halogenated alkanes) is 3. The van der Waals surface area contributed by atoms with E-state index in [1.54, 1.807) is 6.07 Å². The van der Waals surface area contributed by atoms with E-state index in [4.69, 9.17) is 23.2 Å². The number of hydrogen-bond donors (Lipinski definition) is 1. The molecule has 1 aliphatic rings. The van der Waals surface area contributed by atoms with Crippen LogP contribution < -0.4 is 5.32 Å². The topological polar surface area (TPSA) is 15.3 Å². The summed E-state index contributed by atoms with van der Waals surface area (Å²) in [7, 11) is 0. The van der Waals surface area contributed by atoms with Crippen molar-refractivity contribution in [2.75, 3.05) is 26.2 Å². The second-order valence-electron chi connectivity index (χ2n) is 5.52. The molecular weight excluding hydrogens is 291 g/mol. The van der Waals surface area contributed by atoms with Crippen LogP contribution in [0.25, 0.3) is 0 Å². The number of hydrogen-bond acceptors (Lipinski definition) is 2. The maximum absolute atomic E-state index is 6.14. The van der Waals surface area contributed by atoms with Crippen LogP contribution in [-0.4, -0.2) is 31.1 Å². The number of piperazine rings is 1. The predicted octanol–water partition coefficient (Wildman–Crippen LogP) is 4.52. The molecule has 1 aromatic rings. The largest absolute Gasteiger partial charge is 0.314 e. The fourth-order valence-corrected chi connectivity index (χ4v) is 3.39. The molecule has 1 unspecified atom stereocenters. The van der Waals surface area contributed by atoms with Crippen LogP contribution >= 0.6 is 23.2 Å². The van der Waals surface area contributed by atoms with Crippen molar-refractivity contribution in [3.8, 4) is 0 Å². The van der Waals surface area contributed by atoms with Crippen LogP contribution in [-0.2, 0) is 0 Å². The zero-order chi connectivity index (χ0) is 14.4. The Morgan fingerprint density at radius 1 is 1.15 bits per heavy atom. The summed E-state index contributed by atoms with van der Waals surface area (Å²) in [6.07, 6.45) is 5.22. The van der Waals surface area contributed by atoms with Crippen LogP contribution in [0.2, 0.25) is 10.0 Å². The van der Waals surface area contributed by atoms with Crippen LogP contribution in [0.4, 0.5) is 0 Å². The third-order valence-electron chi connectivity index (χ3n) is 3.92. The highest BCUT2D eigenvalue weighted by Gasteiger charge is 2.23. The molecule has 20 heavy (non-hydrogen) atoms. The fraction of sp³-hybridized carbons (Fsp3) is 0.625. The van der Waals surface area contributed by atoms with Crippen molar-refractivity contribution < 1.29 is 0 Å². The van der Waals surface area contributed by atoms with E-state index in [0.29, 0.717) is 6.04 Å². The minimum absolute atomic E-state index is 0.390. The van der Waals surface area contributed by atoms with Crippen LogP contribution in [0.1, 0.15) is 44.2 Å². The van der Waals surface area contributed by atoms with Gasteiger partial charge >= 0.3 is 0 Å². The monoisotopic (exact) mass is 314 g/mol. The molecule has 0 bridgehead atoms. The van der Waals surface area contributed by atoms with Gasteiger partial charge in [0.25, 0.3) is 0 Å². The van der Waals surface area contributed by atoms with Crippen molar-refractivity contribution in [1.29, 1.82) is 0 Å². The fourth-order valence-electron chi connectivity index (χ4n) is 2.85. The molecule has 1 aliphatic heterocycles. The zero-order valence-electron chi connectivity index (χ0n) is 12.2.